The predicted molar refractivity (Wildman–Crippen MR) is 85.1 cm³/mol. The number of hydrogen-bond acceptors (Lipinski definition) is 4. The number of aromatic nitrogens is 1. The molecule has 1 aromatic heterocycles. The van der Waals surface area contributed by atoms with E-state index in [1.54, 1.807) is 7.11 Å². The molecule has 20 heavy (non-hydrogen) atoms. The van der Waals surface area contributed by atoms with E-state index in [1.807, 2.05) is 25.1 Å². The third-order valence-corrected chi connectivity index (χ3v) is 2.92. The fraction of sp³-hybridized carbons (Fsp3) is 0.267. The Morgan fingerprint density at radius 3 is 2.60 bits per heavy atom. The van der Waals surface area contributed by atoms with E-state index in [2.05, 4.69) is 29.4 Å². The summed E-state index contributed by atoms with van der Waals surface area (Å²) in [6.07, 6.45) is 0. The fourth-order valence-electron chi connectivity index (χ4n) is 1.94. The largest absolute Gasteiger partial charge is 0.481 e. The maximum atomic E-state index is 5.69. The Labute approximate surface area is 125 Å². The lowest BCUT2D eigenvalue weighted by molar-refractivity contribution is 0.398. The number of benzene rings is 1. The number of anilines is 2. The summed E-state index contributed by atoms with van der Waals surface area (Å²) < 4.78 is 5.15. The van der Waals surface area contributed by atoms with Crippen molar-refractivity contribution in [3.63, 3.8) is 0 Å². The number of nitrogens with one attached hydrogen (secondary N) is 1. The van der Waals surface area contributed by atoms with Crippen LogP contribution >= 0.6 is 12.4 Å². The maximum absolute atomic E-state index is 5.69. The van der Waals surface area contributed by atoms with Crippen LogP contribution in [0.3, 0.4) is 0 Å². The molecule has 0 unspecified atom stereocenters. The van der Waals surface area contributed by atoms with E-state index in [-0.39, 0.29) is 12.4 Å². The maximum Gasteiger partial charge on any atom is 0.214 e. The van der Waals surface area contributed by atoms with Crippen molar-refractivity contribution in [1.82, 2.24) is 4.98 Å². The number of nitrogens with zero attached hydrogens (tertiary/aromatic N) is 1. The van der Waals surface area contributed by atoms with E-state index in [1.165, 1.54) is 5.56 Å². The summed E-state index contributed by atoms with van der Waals surface area (Å²) in [4.78, 5) is 4.41. The highest BCUT2D eigenvalue weighted by Crippen LogP contribution is 2.23. The zero-order chi connectivity index (χ0) is 13.8. The lowest BCUT2D eigenvalue weighted by Gasteiger charge is -2.12. The number of aryl methyl sites for hydroxylation is 2. The van der Waals surface area contributed by atoms with Gasteiger partial charge in [-0.05, 0) is 42.7 Å². The Morgan fingerprint density at radius 2 is 1.95 bits per heavy atom. The molecule has 2 aromatic rings. The van der Waals surface area contributed by atoms with Gasteiger partial charge < -0.3 is 15.8 Å². The number of nitrogens with two attached hydrogens (primary N) is 1. The number of rotatable bonds is 4. The third kappa shape index (κ3) is 3.85. The van der Waals surface area contributed by atoms with Crippen LogP contribution in [0.15, 0.2) is 30.3 Å². The van der Waals surface area contributed by atoms with Crippen LogP contribution in [0.1, 0.15) is 16.7 Å². The van der Waals surface area contributed by atoms with Gasteiger partial charge in [0.1, 0.15) is 5.82 Å². The van der Waals surface area contributed by atoms with Crippen LogP contribution in [-0.2, 0) is 6.54 Å². The van der Waals surface area contributed by atoms with Gasteiger partial charge in [0.15, 0.2) is 0 Å². The lowest BCUT2D eigenvalue weighted by Crippen LogP contribution is -2.01. The Balaban J connectivity index is 0.00000200. The molecule has 0 radical (unpaired) electrons. The number of halogens is 1. The van der Waals surface area contributed by atoms with Crippen LogP contribution in [0.5, 0.6) is 5.88 Å². The van der Waals surface area contributed by atoms with Gasteiger partial charge in [-0.25, -0.2) is 0 Å². The van der Waals surface area contributed by atoms with Crippen LogP contribution in [0.4, 0.5) is 11.5 Å². The first-order valence-corrected chi connectivity index (χ1v) is 6.21. The van der Waals surface area contributed by atoms with Gasteiger partial charge >= 0.3 is 0 Å². The van der Waals surface area contributed by atoms with E-state index in [4.69, 9.17) is 10.5 Å². The highest BCUT2D eigenvalue weighted by molar-refractivity contribution is 5.85. The molecule has 0 saturated carbocycles. The van der Waals surface area contributed by atoms with Crippen LogP contribution in [0, 0.1) is 13.8 Å². The summed E-state index contributed by atoms with van der Waals surface area (Å²) in [5.41, 5.74) is 10.0. The second kappa shape index (κ2) is 7.12. The van der Waals surface area contributed by atoms with Crippen molar-refractivity contribution in [3.8, 4) is 5.88 Å². The second-order valence-electron chi connectivity index (χ2n) is 4.56. The lowest BCUT2D eigenvalue weighted by atomic mass is 10.1. The van der Waals surface area contributed by atoms with Crippen molar-refractivity contribution in [2.24, 2.45) is 5.73 Å². The summed E-state index contributed by atoms with van der Waals surface area (Å²) in [5, 5.41) is 3.32. The summed E-state index contributed by atoms with van der Waals surface area (Å²) in [7, 11) is 1.61. The number of methoxy groups -OCH3 is 1. The van der Waals surface area contributed by atoms with Crippen molar-refractivity contribution in [2.45, 2.75) is 20.4 Å². The van der Waals surface area contributed by atoms with Gasteiger partial charge in [-0.2, -0.15) is 4.98 Å². The number of ether oxygens (including phenoxy) is 1. The molecule has 108 valence electrons. The molecule has 0 aliphatic carbocycles. The molecule has 3 N–H and O–H groups in total. The number of hydrogen-bond donors (Lipinski definition) is 2. The van der Waals surface area contributed by atoms with E-state index >= 15 is 0 Å². The average molecular weight is 294 g/mol. The monoisotopic (exact) mass is 293 g/mol. The van der Waals surface area contributed by atoms with E-state index in [9.17, 15) is 0 Å². The molecular weight excluding hydrogens is 274 g/mol. The van der Waals surface area contributed by atoms with Gasteiger partial charge in [-0.1, -0.05) is 12.1 Å². The van der Waals surface area contributed by atoms with Gasteiger partial charge in [-0.3, -0.25) is 0 Å². The zero-order valence-electron chi connectivity index (χ0n) is 11.9. The van der Waals surface area contributed by atoms with Crippen LogP contribution < -0.4 is 15.8 Å². The minimum atomic E-state index is 0. The first kappa shape index (κ1) is 16.3. The Morgan fingerprint density at radius 1 is 1.20 bits per heavy atom. The van der Waals surface area contributed by atoms with Crippen molar-refractivity contribution in [3.05, 3.63) is 47.0 Å². The molecule has 4 nitrogen and oxygen atoms in total. The fourth-order valence-corrected chi connectivity index (χ4v) is 1.94. The zero-order valence-corrected chi connectivity index (χ0v) is 12.8. The van der Waals surface area contributed by atoms with Crippen molar-refractivity contribution in [1.29, 1.82) is 0 Å². The first-order valence-electron chi connectivity index (χ1n) is 6.21. The third-order valence-electron chi connectivity index (χ3n) is 2.92. The van der Waals surface area contributed by atoms with Gasteiger partial charge in [0.25, 0.3) is 0 Å². The van der Waals surface area contributed by atoms with E-state index < -0.39 is 0 Å². The molecule has 0 amide bonds. The second-order valence-corrected chi connectivity index (χ2v) is 4.56. The van der Waals surface area contributed by atoms with Gasteiger partial charge in [0.05, 0.1) is 7.11 Å². The smallest absolute Gasteiger partial charge is 0.214 e. The number of pyridine rings is 1. The molecule has 0 bridgehead atoms. The minimum absolute atomic E-state index is 0. The normalized spacial score (nSPS) is 9.80. The van der Waals surface area contributed by atoms with Gasteiger partial charge in [-0.15, -0.1) is 12.4 Å². The minimum Gasteiger partial charge on any atom is -0.481 e. The van der Waals surface area contributed by atoms with Crippen LogP contribution in [0.25, 0.3) is 0 Å². The van der Waals surface area contributed by atoms with Gasteiger partial charge in [0, 0.05) is 18.3 Å². The van der Waals surface area contributed by atoms with E-state index in [0.29, 0.717) is 12.4 Å². The Bertz CT molecular complexity index is 587. The Hall–Kier alpha value is -1.78. The predicted octanol–water partition coefficient (Wildman–Crippen LogP) is 3.33. The quantitative estimate of drug-likeness (QED) is 0.908. The molecule has 0 atom stereocenters. The topological polar surface area (TPSA) is 60.2 Å². The molecule has 0 fully saturated rings. The summed E-state index contributed by atoms with van der Waals surface area (Å²) in [6, 6.07) is 10.0. The molecule has 2 rings (SSSR count). The van der Waals surface area contributed by atoms with E-state index in [0.717, 1.165) is 22.6 Å². The first-order chi connectivity index (χ1) is 9.12. The summed E-state index contributed by atoms with van der Waals surface area (Å²) in [6.45, 7) is 4.59. The molecular formula is C15H20ClN3O. The highest BCUT2D eigenvalue weighted by Gasteiger charge is 2.04. The van der Waals surface area contributed by atoms with Crippen molar-refractivity contribution in [2.75, 3.05) is 12.4 Å². The standard InChI is InChI=1S/C15H19N3O.ClH/c1-10-6-12(9-16)8-13(7-10)17-15-11(2)4-5-14(18-15)19-3;/h4-8H,9,16H2,1-3H3,(H,17,18);1H. The molecule has 0 saturated heterocycles. The molecule has 1 aromatic carbocycles. The van der Waals surface area contributed by atoms with Crippen LogP contribution in [-0.4, -0.2) is 12.1 Å². The molecule has 0 aliphatic heterocycles. The van der Waals surface area contributed by atoms with Gasteiger partial charge in [0.2, 0.25) is 5.88 Å². The molecule has 0 aliphatic rings. The van der Waals surface area contributed by atoms with Crippen molar-refractivity contribution < 1.29 is 4.74 Å². The highest BCUT2D eigenvalue weighted by atomic mass is 35.5. The molecule has 0 spiro atoms. The summed E-state index contributed by atoms with van der Waals surface area (Å²) in [5.74, 6) is 1.40. The SMILES string of the molecule is COc1ccc(C)c(Nc2cc(C)cc(CN)c2)n1.Cl. The Kier molecular flexibility index (Phi) is 5.80. The molecule has 1 heterocycles. The van der Waals surface area contributed by atoms with Crippen LogP contribution in [0.2, 0.25) is 0 Å². The van der Waals surface area contributed by atoms with Crippen molar-refractivity contribution >= 4 is 23.9 Å². The molecule has 5 heteroatoms. The summed E-state index contributed by atoms with van der Waals surface area (Å²) >= 11 is 0. The average Bonchev–Trinajstić information content (AvgIpc) is 2.40.